The van der Waals surface area contributed by atoms with Gasteiger partial charge in [-0.15, -0.1) is 0 Å². The molecule has 0 aromatic heterocycles. The molecule has 0 heterocycles. The summed E-state index contributed by atoms with van der Waals surface area (Å²) in [5.41, 5.74) is -0.0150. The Morgan fingerprint density at radius 2 is 1.80 bits per heavy atom. The van der Waals surface area contributed by atoms with Crippen LogP contribution in [0.4, 0.5) is 8.78 Å². The van der Waals surface area contributed by atoms with Gasteiger partial charge < -0.3 is 4.74 Å². The van der Waals surface area contributed by atoms with E-state index >= 15 is 0 Å². The standard InChI is InChI=1S/C11H13BrF2O/c1-7(2)5-15-6-9-10(13)3-8(12)4-11(9)14/h3-4,7H,5-6H2,1-2H3. The van der Waals surface area contributed by atoms with Crippen LogP contribution < -0.4 is 0 Å². The zero-order chi connectivity index (χ0) is 11.4. The van der Waals surface area contributed by atoms with Crippen LogP contribution in [0.1, 0.15) is 19.4 Å². The SMILES string of the molecule is CC(C)COCc1c(F)cc(Br)cc1F. The quantitative estimate of drug-likeness (QED) is 0.812. The molecule has 0 unspecified atom stereocenters. The van der Waals surface area contributed by atoms with E-state index in [1.807, 2.05) is 13.8 Å². The smallest absolute Gasteiger partial charge is 0.132 e. The summed E-state index contributed by atoms with van der Waals surface area (Å²) >= 11 is 3.02. The maximum absolute atomic E-state index is 13.3. The van der Waals surface area contributed by atoms with E-state index < -0.39 is 11.6 Å². The van der Waals surface area contributed by atoms with Gasteiger partial charge in [0.25, 0.3) is 0 Å². The fourth-order valence-electron chi connectivity index (χ4n) is 1.11. The van der Waals surface area contributed by atoms with Gasteiger partial charge in [0.2, 0.25) is 0 Å². The second-order valence-electron chi connectivity index (χ2n) is 3.76. The van der Waals surface area contributed by atoms with Crippen LogP contribution in [-0.2, 0) is 11.3 Å². The second kappa shape index (κ2) is 5.56. The molecule has 0 amide bonds. The molecule has 0 spiro atoms. The van der Waals surface area contributed by atoms with Crippen LogP contribution in [0.5, 0.6) is 0 Å². The molecule has 0 N–H and O–H groups in total. The highest BCUT2D eigenvalue weighted by Crippen LogP contribution is 2.20. The second-order valence-corrected chi connectivity index (χ2v) is 4.67. The number of benzene rings is 1. The van der Waals surface area contributed by atoms with Gasteiger partial charge >= 0.3 is 0 Å². The minimum absolute atomic E-state index is 0.0150. The van der Waals surface area contributed by atoms with Crippen LogP contribution in [0, 0.1) is 17.6 Å². The summed E-state index contributed by atoms with van der Waals surface area (Å²) < 4.78 is 32.2. The van der Waals surface area contributed by atoms with Crippen LogP contribution in [0.3, 0.4) is 0 Å². The van der Waals surface area contributed by atoms with Gasteiger partial charge in [-0.3, -0.25) is 0 Å². The average molecular weight is 279 g/mol. The lowest BCUT2D eigenvalue weighted by atomic mass is 10.2. The predicted octanol–water partition coefficient (Wildman–Crippen LogP) is 3.90. The summed E-state index contributed by atoms with van der Waals surface area (Å²) in [6.45, 7) is 4.43. The van der Waals surface area contributed by atoms with Crippen molar-refractivity contribution in [1.82, 2.24) is 0 Å². The number of ether oxygens (including phenoxy) is 1. The summed E-state index contributed by atoms with van der Waals surface area (Å²) in [5, 5.41) is 0. The molecule has 0 radical (unpaired) electrons. The highest BCUT2D eigenvalue weighted by atomic mass is 79.9. The van der Waals surface area contributed by atoms with E-state index in [1.165, 1.54) is 12.1 Å². The molecule has 0 saturated carbocycles. The van der Waals surface area contributed by atoms with Crippen molar-refractivity contribution in [3.8, 4) is 0 Å². The molecule has 84 valence electrons. The van der Waals surface area contributed by atoms with Crippen molar-refractivity contribution in [2.45, 2.75) is 20.5 Å². The summed E-state index contributed by atoms with van der Waals surface area (Å²) in [6.07, 6.45) is 0. The summed E-state index contributed by atoms with van der Waals surface area (Å²) in [5.74, 6) is -0.803. The molecule has 0 fully saturated rings. The van der Waals surface area contributed by atoms with Crippen molar-refractivity contribution in [3.63, 3.8) is 0 Å². The van der Waals surface area contributed by atoms with Gasteiger partial charge in [0, 0.05) is 16.6 Å². The Labute approximate surface area is 96.6 Å². The van der Waals surface area contributed by atoms with E-state index in [1.54, 1.807) is 0 Å². The van der Waals surface area contributed by atoms with E-state index in [9.17, 15) is 8.78 Å². The normalized spacial score (nSPS) is 11.1. The van der Waals surface area contributed by atoms with Gasteiger partial charge in [-0.25, -0.2) is 8.78 Å². The molecule has 0 aliphatic carbocycles. The predicted molar refractivity (Wildman–Crippen MR) is 58.6 cm³/mol. The third-order valence-electron chi connectivity index (χ3n) is 1.80. The van der Waals surface area contributed by atoms with E-state index in [0.717, 1.165) is 0 Å². The van der Waals surface area contributed by atoms with E-state index in [-0.39, 0.29) is 12.2 Å². The van der Waals surface area contributed by atoms with Crippen LogP contribution in [-0.4, -0.2) is 6.61 Å². The third-order valence-corrected chi connectivity index (χ3v) is 2.26. The molecular weight excluding hydrogens is 266 g/mol. The van der Waals surface area contributed by atoms with Crippen molar-refractivity contribution in [1.29, 1.82) is 0 Å². The first-order valence-corrected chi connectivity index (χ1v) is 5.51. The number of halogens is 3. The fourth-order valence-corrected chi connectivity index (χ4v) is 1.51. The highest BCUT2D eigenvalue weighted by molar-refractivity contribution is 9.10. The number of hydrogen-bond donors (Lipinski definition) is 0. The Kier molecular flexibility index (Phi) is 4.67. The molecule has 1 aromatic rings. The van der Waals surface area contributed by atoms with Crippen LogP contribution in [0.15, 0.2) is 16.6 Å². The molecule has 0 aliphatic rings. The lowest BCUT2D eigenvalue weighted by Gasteiger charge is -2.08. The largest absolute Gasteiger partial charge is 0.376 e. The van der Waals surface area contributed by atoms with E-state index in [4.69, 9.17) is 4.74 Å². The minimum Gasteiger partial charge on any atom is -0.376 e. The molecule has 1 nitrogen and oxygen atoms in total. The first-order valence-electron chi connectivity index (χ1n) is 4.72. The summed E-state index contributed by atoms with van der Waals surface area (Å²) in [7, 11) is 0. The van der Waals surface area contributed by atoms with Crippen LogP contribution >= 0.6 is 15.9 Å². The molecule has 15 heavy (non-hydrogen) atoms. The first-order chi connectivity index (χ1) is 7.00. The van der Waals surface area contributed by atoms with Gasteiger partial charge in [-0.05, 0) is 18.1 Å². The Bertz CT molecular complexity index is 316. The molecule has 0 aliphatic heterocycles. The van der Waals surface area contributed by atoms with Crippen molar-refractivity contribution in [2.75, 3.05) is 6.61 Å². The van der Waals surface area contributed by atoms with Crippen LogP contribution in [0.25, 0.3) is 0 Å². The molecule has 4 heteroatoms. The summed E-state index contributed by atoms with van der Waals surface area (Å²) in [4.78, 5) is 0. The molecule has 1 aromatic carbocycles. The minimum atomic E-state index is -0.578. The topological polar surface area (TPSA) is 9.23 Å². The first kappa shape index (κ1) is 12.6. The van der Waals surface area contributed by atoms with Crippen LogP contribution in [0.2, 0.25) is 0 Å². The molecular formula is C11H13BrF2O. The van der Waals surface area contributed by atoms with Gasteiger partial charge in [0.1, 0.15) is 11.6 Å². The zero-order valence-corrected chi connectivity index (χ0v) is 10.3. The van der Waals surface area contributed by atoms with Crippen molar-refractivity contribution < 1.29 is 13.5 Å². The van der Waals surface area contributed by atoms with Crippen molar-refractivity contribution in [3.05, 3.63) is 33.8 Å². The molecule has 0 bridgehead atoms. The van der Waals surface area contributed by atoms with Gasteiger partial charge in [-0.1, -0.05) is 29.8 Å². The zero-order valence-electron chi connectivity index (χ0n) is 8.69. The Balaban J connectivity index is 2.68. The van der Waals surface area contributed by atoms with Gasteiger partial charge in [-0.2, -0.15) is 0 Å². The third kappa shape index (κ3) is 3.87. The van der Waals surface area contributed by atoms with Gasteiger partial charge in [0.15, 0.2) is 0 Å². The Morgan fingerprint density at radius 1 is 1.27 bits per heavy atom. The molecule has 0 atom stereocenters. The van der Waals surface area contributed by atoms with Crippen molar-refractivity contribution in [2.24, 2.45) is 5.92 Å². The summed E-state index contributed by atoms with van der Waals surface area (Å²) in [6, 6.07) is 2.47. The van der Waals surface area contributed by atoms with Gasteiger partial charge in [0.05, 0.1) is 6.61 Å². The average Bonchev–Trinajstić information content (AvgIpc) is 2.08. The highest BCUT2D eigenvalue weighted by Gasteiger charge is 2.10. The Hall–Kier alpha value is -0.480. The van der Waals surface area contributed by atoms with E-state index in [2.05, 4.69) is 15.9 Å². The Morgan fingerprint density at radius 3 is 2.27 bits per heavy atom. The van der Waals surface area contributed by atoms with Crippen molar-refractivity contribution >= 4 is 15.9 Å². The lowest BCUT2D eigenvalue weighted by Crippen LogP contribution is -2.05. The maximum atomic E-state index is 13.3. The number of hydrogen-bond acceptors (Lipinski definition) is 1. The molecule has 1 rings (SSSR count). The lowest BCUT2D eigenvalue weighted by molar-refractivity contribution is 0.0928. The molecule has 0 saturated heterocycles. The fraction of sp³-hybridized carbons (Fsp3) is 0.455. The monoisotopic (exact) mass is 278 g/mol. The maximum Gasteiger partial charge on any atom is 0.132 e. The number of rotatable bonds is 4. The van der Waals surface area contributed by atoms with E-state index in [0.29, 0.717) is 17.0 Å².